The van der Waals surface area contributed by atoms with Crippen LogP contribution in [-0.2, 0) is 22.9 Å². The second-order valence-electron chi connectivity index (χ2n) is 11.5. The average Bonchev–Trinajstić information content (AvgIpc) is 3.15. The highest BCUT2D eigenvalue weighted by atomic mass is 32.2. The van der Waals surface area contributed by atoms with Gasteiger partial charge in [-0.3, -0.25) is 0 Å². The number of piperidine rings is 1. The molecule has 2 N–H and O–H groups in total. The Morgan fingerprint density at radius 1 is 1.00 bits per heavy atom. The number of hydrogen-bond donors (Lipinski definition) is 2. The molecule has 1 unspecified atom stereocenters. The molecule has 0 amide bonds. The van der Waals surface area contributed by atoms with Crippen molar-refractivity contribution >= 4 is 20.8 Å². The molecule has 3 aromatic carbocycles. The summed E-state index contributed by atoms with van der Waals surface area (Å²) in [7, 11) is -2.04. The second-order valence-corrected chi connectivity index (χ2v) is 13.3. The molecule has 0 spiro atoms. The zero-order valence-electron chi connectivity index (χ0n) is 23.3. The molecule has 0 radical (unpaired) electrons. The van der Waals surface area contributed by atoms with Gasteiger partial charge in [0.2, 0.25) is 10.0 Å². The zero-order chi connectivity index (χ0) is 28.2. The number of fused-ring (bicyclic) bond motifs is 2. The van der Waals surface area contributed by atoms with Crippen LogP contribution in [0, 0.1) is 17.0 Å². The van der Waals surface area contributed by atoms with Crippen molar-refractivity contribution in [3.05, 3.63) is 77.0 Å². The lowest BCUT2D eigenvalue weighted by atomic mass is 9.94. The summed E-state index contributed by atoms with van der Waals surface area (Å²) in [6.07, 6.45) is 5.63. The fraction of sp³-hybridized carbons (Fsp3) is 0.484. The lowest BCUT2D eigenvalue weighted by Gasteiger charge is -2.47. The number of aryl methyl sites for hydroxylation is 1. The minimum atomic E-state index is -3.73. The predicted molar refractivity (Wildman–Crippen MR) is 157 cm³/mol. The zero-order valence-corrected chi connectivity index (χ0v) is 24.1. The van der Waals surface area contributed by atoms with Crippen molar-refractivity contribution in [2.24, 2.45) is 11.8 Å². The minimum absolute atomic E-state index is 0.0970. The number of hydroxylamine groups is 5. The third-order valence-corrected chi connectivity index (χ3v) is 10.2. The van der Waals surface area contributed by atoms with E-state index in [0.717, 1.165) is 49.7 Å². The fourth-order valence-electron chi connectivity index (χ4n) is 6.37. The Morgan fingerprint density at radius 3 is 2.55 bits per heavy atom. The first-order valence-corrected chi connectivity index (χ1v) is 15.9. The highest BCUT2D eigenvalue weighted by Gasteiger charge is 2.29. The third-order valence-electron chi connectivity index (χ3n) is 8.66. The van der Waals surface area contributed by atoms with E-state index in [4.69, 9.17) is 4.74 Å². The molecule has 5 rings (SSSR count). The maximum atomic E-state index is 13.3. The Kier molecular flexibility index (Phi) is 9.09. The molecule has 8 nitrogen and oxygen atoms in total. The molecule has 40 heavy (non-hydrogen) atoms. The van der Waals surface area contributed by atoms with Crippen molar-refractivity contribution < 1.29 is 23.0 Å². The highest BCUT2D eigenvalue weighted by Crippen LogP contribution is 2.29. The van der Waals surface area contributed by atoms with Crippen LogP contribution >= 0.6 is 0 Å². The van der Waals surface area contributed by atoms with Crippen LogP contribution < -0.4 is 9.46 Å². The van der Waals surface area contributed by atoms with Gasteiger partial charge in [0.1, 0.15) is 5.75 Å². The van der Waals surface area contributed by atoms with Crippen LogP contribution in [0.2, 0.25) is 0 Å². The Labute approximate surface area is 237 Å². The summed E-state index contributed by atoms with van der Waals surface area (Å²) in [6.45, 7) is 2.36. The number of benzene rings is 3. The van der Waals surface area contributed by atoms with Gasteiger partial charge in [-0.1, -0.05) is 42.5 Å². The van der Waals surface area contributed by atoms with E-state index in [1.165, 1.54) is 16.2 Å². The van der Waals surface area contributed by atoms with E-state index in [-0.39, 0.29) is 23.9 Å². The summed E-state index contributed by atoms with van der Waals surface area (Å²) in [6, 6.07) is 18.9. The number of likely N-dealkylation sites (tertiary alicyclic amines) is 1. The van der Waals surface area contributed by atoms with Gasteiger partial charge in [0.15, 0.2) is 0 Å². The van der Waals surface area contributed by atoms with Gasteiger partial charge in [-0.05, 0) is 72.2 Å². The monoisotopic (exact) mass is 567 g/mol. The van der Waals surface area contributed by atoms with Crippen LogP contribution in [0.1, 0.15) is 36.8 Å². The number of nitrogens with one attached hydrogen (secondary N) is 1. The van der Waals surface area contributed by atoms with E-state index < -0.39 is 14.7 Å². The maximum Gasteiger partial charge on any atom is 0.241 e. The number of rotatable bonds is 10. The number of quaternary nitrogens is 1. The molecule has 216 valence electrons. The molecular formula is C31H41N3O5S. The normalized spacial score (nSPS) is 23.6. The van der Waals surface area contributed by atoms with Crippen LogP contribution in [0.15, 0.2) is 65.6 Å². The summed E-state index contributed by atoms with van der Waals surface area (Å²) >= 11 is 0. The Morgan fingerprint density at radius 2 is 1.75 bits per heavy atom. The van der Waals surface area contributed by atoms with Crippen molar-refractivity contribution in [3.8, 4) is 5.75 Å². The van der Waals surface area contributed by atoms with Crippen LogP contribution in [0.25, 0.3) is 10.8 Å². The van der Waals surface area contributed by atoms with E-state index >= 15 is 0 Å². The lowest BCUT2D eigenvalue weighted by Crippen LogP contribution is -2.52. The van der Waals surface area contributed by atoms with Gasteiger partial charge in [-0.15, -0.1) is 0 Å². The van der Waals surface area contributed by atoms with Gasteiger partial charge in [0.05, 0.1) is 38.2 Å². The second kappa shape index (κ2) is 12.5. The van der Waals surface area contributed by atoms with Crippen molar-refractivity contribution in [2.75, 3.05) is 46.4 Å². The molecule has 1 saturated heterocycles. The van der Waals surface area contributed by atoms with E-state index in [1.54, 1.807) is 25.3 Å². The molecule has 1 aliphatic heterocycles. The number of methoxy groups -OCH3 is 1. The van der Waals surface area contributed by atoms with Crippen molar-refractivity contribution in [2.45, 2.75) is 43.4 Å². The predicted octanol–water partition coefficient (Wildman–Crippen LogP) is 4.74. The molecule has 3 aromatic rings. The van der Waals surface area contributed by atoms with Crippen LogP contribution in [0.4, 0.5) is 0 Å². The van der Waals surface area contributed by atoms with Crippen molar-refractivity contribution in [1.82, 2.24) is 9.79 Å². The summed E-state index contributed by atoms with van der Waals surface area (Å²) in [5.41, 5.74) is 2.70. The molecule has 0 bridgehead atoms. The number of hydrogen-bond acceptors (Lipinski definition) is 6. The molecule has 0 saturated carbocycles. The summed E-state index contributed by atoms with van der Waals surface area (Å²) in [4.78, 5) is 0.237. The summed E-state index contributed by atoms with van der Waals surface area (Å²) in [5, 5.41) is 27.1. The number of ether oxygens (including phenoxy) is 1. The van der Waals surface area contributed by atoms with E-state index in [2.05, 4.69) is 16.9 Å². The van der Waals surface area contributed by atoms with Gasteiger partial charge in [-0.2, -0.15) is 5.06 Å². The molecule has 1 fully saturated rings. The summed E-state index contributed by atoms with van der Waals surface area (Å²) in [5.74, 6) is 1.52. The van der Waals surface area contributed by atoms with Crippen molar-refractivity contribution in [1.29, 1.82) is 0 Å². The summed E-state index contributed by atoms with van der Waals surface area (Å²) < 4.78 is 33.6. The lowest BCUT2D eigenvalue weighted by molar-refractivity contribution is -0.885. The van der Waals surface area contributed by atoms with Crippen LogP contribution in [-0.4, -0.2) is 69.7 Å². The van der Waals surface area contributed by atoms with E-state index in [9.17, 15) is 18.8 Å². The highest BCUT2D eigenvalue weighted by molar-refractivity contribution is 7.89. The Hall–Kier alpha value is -2.53. The maximum absolute atomic E-state index is 13.3. The molecule has 9 heteroatoms. The average molecular weight is 568 g/mol. The molecular weight excluding hydrogens is 526 g/mol. The van der Waals surface area contributed by atoms with Gasteiger partial charge < -0.3 is 19.8 Å². The molecule has 1 aliphatic carbocycles. The third kappa shape index (κ3) is 7.02. The van der Waals surface area contributed by atoms with Gasteiger partial charge in [0.25, 0.3) is 0 Å². The first-order valence-electron chi connectivity index (χ1n) is 14.4. The Bertz CT molecular complexity index is 1400. The van der Waals surface area contributed by atoms with E-state index in [0.29, 0.717) is 37.5 Å². The SMILES string of the molecule is COc1ccc2c(c1)CC(CN(O)CC1CC[N+]([O-])(CCNS(=O)(=O)c3cccc4ccccc34)CC1)CCC2. The van der Waals surface area contributed by atoms with Crippen molar-refractivity contribution in [3.63, 3.8) is 0 Å². The topological polar surface area (TPSA) is 102 Å². The molecule has 2 aliphatic rings. The first kappa shape index (κ1) is 29.0. The fourth-order valence-corrected chi connectivity index (χ4v) is 7.62. The number of nitrogens with zero attached hydrogens (tertiary/aromatic N) is 2. The van der Waals surface area contributed by atoms with E-state index in [1.807, 2.05) is 30.3 Å². The minimum Gasteiger partial charge on any atom is -0.633 e. The van der Waals surface area contributed by atoms with Gasteiger partial charge in [-0.25, -0.2) is 13.1 Å². The number of sulfonamides is 1. The Balaban J connectivity index is 1.08. The smallest absolute Gasteiger partial charge is 0.241 e. The quantitative estimate of drug-likeness (QED) is 0.159. The van der Waals surface area contributed by atoms with Gasteiger partial charge >= 0.3 is 0 Å². The molecule has 0 aromatic heterocycles. The van der Waals surface area contributed by atoms with Crippen LogP contribution in [0.3, 0.4) is 0 Å². The molecule has 1 atom stereocenters. The first-order chi connectivity index (χ1) is 19.2. The standard InChI is InChI=1S/C31H41N3O5S/c1-39-29-13-12-26-8-4-6-25(20-28(26)21-29)23-33(35)22-24-14-17-34(36,18-15-24)19-16-32-40(37,38)31-11-5-9-27-7-2-3-10-30(27)31/h2-3,5,7,9-13,21,24-25,32,35H,4,6,8,14-20,22-23H2,1H3. The van der Waals surface area contributed by atoms with Crippen LogP contribution in [0.5, 0.6) is 5.75 Å². The largest absolute Gasteiger partial charge is 0.633 e. The van der Waals surface area contributed by atoms with Gasteiger partial charge in [0, 0.05) is 31.3 Å². The molecule has 1 heterocycles.